The second-order valence-electron chi connectivity index (χ2n) is 3.72. The van der Waals surface area contributed by atoms with Gasteiger partial charge in [-0.05, 0) is 31.4 Å². The molecule has 0 bridgehead atoms. The molecule has 18 heavy (non-hydrogen) atoms. The number of ether oxygens (including phenoxy) is 2. The number of nitrogens with two attached hydrogens (primary N) is 1. The molecule has 0 saturated carbocycles. The van der Waals surface area contributed by atoms with E-state index in [1.165, 1.54) is 0 Å². The second-order valence-corrected chi connectivity index (χ2v) is 3.72. The van der Waals surface area contributed by atoms with Crippen molar-refractivity contribution in [3.05, 3.63) is 23.8 Å². The number of carbonyl (C=O) groups is 1. The Balaban J connectivity index is 0.00000289. The molecule has 5 heteroatoms. The molecule has 0 unspecified atom stereocenters. The molecule has 0 atom stereocenters. The van der Waals surface area contributed by atoms with Gasteiger partial charge in [-0.25, -0.2) is 0 Å². The first-order valence-electron chi connectivity index (χ1n) is 5.75. The maximum absolute atomic E-state index is 11.1. The van der Waals surface area contributed by atoms with E-state index >= 15 is 0 Å². The molecule has 2 N–H and O–H groups in total. The summed E-state index contributed by atoms with van der Waals surface area (Å²) in [5, 5.41) is 0. The number of rotatable bonds is 6. The SMILES string of the molecule is CCOC(=O)CCCc1ccc(OC)cc1N.Cl. The Bertz CT molecular complexity index is 382. The van der Waals surface area contributed by atoms with E-state index in [2.05, 4.69) is 0 Å². The highest BCUT2D eigenvalue weighted by molar-refractivity contribution is 5.85. The lowest BCUT2D eigenvalue weighted by Crippen LogP contribution is -2.04. The standard InChI is InChI=1S/C13H19NO3.ClH/c1-3-17-13(15)6-4-5-10-7-8-11(16-2)9-12(10)14;/h7-9H,3-6,14H2,1-2H3;1H. The van der Waals surface area contributed by atoms with Gasteiger partial charge in [0.1, 0.15) is 5.75 Å². The molecule has 0 radical (unpaired) electrons. The highest BCUT2D eigenvalue weighted by Crippen LogP contribution is 2.21. The van der Waals surface area contributed by atoms with Crippen LogP contribution in [0.3, 0.4) is 0 Å². The topological polar surface area (TPSA) is 61.5 Å². The Kier molecular flexibility index (Phi) is 7.96. The quantitative estimate of drug-likeness (QED) is 0.639. The summed E-state index contributed by atoms with van der Waals surface area (Å²) in [5.74, 6) is 0.594. The van der Waals surface area contributed by atoms with Crippen molar-refractivity contribution in [1.82, 2.24) is 0 Å². The summed E-state index contributed by atoms with van der Waals surface area (Å²) in [4.78, 5) is 11.1. The molecule has 0 aliphatic rings. The molecule has 4 nitrogen and oxygen atoms in total. The van der Waals surface area contributed by atoms with Gasteiger partial charge >= 0.3 is 5.97 Å². The van der Waals surface area contributed by atoms with Crippen LogP contribution in [0.25, 0.3) is 0 Å². The molecule has 1 aromatic rings. The third kappa shape index (κ3) is 5.27. The van der Waals surface area contributed by atoms with Gasteiger partial charge in [0, 0.05) is 18.2 Å². The van der Waals surface area contributed by atoms with E-state index in [-0.39, 0.29) is 18.4 Å². The Labute approximate surface area is 114 Å². The fourth-order valence-electron chi connectivity index (χ4n) is 1.58. The van der Waals surface area contributed by atoms with Crippen molar-refractivity contribution in [3.63, 3.8) is 0 Å². The molecule has 0 heterocycles. The summed E-state index contributed by atoms with van der Waals surface area (Å²) in [6.07, 6.45) is 1.95. The first-order valence-corrected chi connectivity index (χ1v) is 5.75. The number of halogens is 1. The fourth-order valence-corrected chi connectivity index (χ4v) is 1.58. The first-order chi connectivity index (χ1) is 8.17. The zero-order valence-electron chi connectivity index (χ0n) is 10.8. The van der Waals surface area contributed by atoms with Gasteiger partial charge in [-0.1, -0.05) is 6.07 Å². The number of hydrogen-bond acceptors (Lipinski definition) is 4. The third-order valence-corrected chi connectivity index (χ3v) is 2.49. The smallest absolute Gasteiger partial charge is 0.305 e. The lowest BCUT2D eigenvalue weighted by Gasteiger charge is -2.07. The highest BCUT2D eigenvalue weighted by atomic mass is 35.5. The van der Waals surface area contributed by atoms with Crippen molar-refractivity contribution in [2.75, 3.05) is 19.5 Å². The number of anilines is 1. The van der Waals surface area contributed by atoms with Gasteiger partial charge in [0.05, 0.1) is 13.7 Å². The van der Waals surface area contributed by atoms with Crippen molar-refractivity contribution in [3.8, 4) is 5.75 Å². The van der Waals surface area contributed by atoms with Crippen LogP contribution in [0.4, 0.5) is 5.69 Å². The van der Waals surface area contributed by atoms with E-state index < -0.39 is 0 Å². The molecule has 0 spiro atoms. The normalized spacial score (nSPS) is 9.44. The average molecular weight is 274 g/mol. The van der Waals surface area contributed by atoms with Crippen LogP contribution in [0.2, 0.25) is 0 Å². The van der Waals surface area contributed by atoms with Crippen molar-refractivity contribution in [1.29, 1.82) is 0 Å². The molecule has 102 valence electrons. The summed E-state index contributed by atoms with van der Waals surface area (Å²) in [5.41, 5.74) is 7.62. The largest absolute Gasteiger partial charge is 0.497 e. The number of methoxy groups -OCH3 is 1. The summed E-state index contributed by atoms with van der Waals surface area (Å²) in [6, 6.07) is 5.59. The third-order valence-electron chi connectivity index (χ3n) is 2.49. The second kappa shape index (κ2) is 8.64. The van der Waals surface area contributed by atoms with Gasteiger partial charge in [-0.3, -0.25) is 4.79 Å². The number of hydrogen-bond donors (Lipinski definition) is 1. The maximum Gasteiger partial charge on any atom is 0.305 e. The van der Waals surface area contributed by atoms with E-state index in [9.17, 15) is 4.79 Å². The van der Waals surface area contributed by atoms with Gasteiger partial charge in [-0.15, -0.1) is 12.4 Å². The van der Waals surface area contributed by atoms with Crippen molar-refractivity contribution < 1.29 is 14.3 Å². The van der Waals surface area contributed by atoms with Gasteiger partial charge in [0.25, 0.3) is 0 Å². The number of esters is 1. The van der Waals surface area contributed by atoms with Crippen molar-refractivity contribution in [2.45, 2.75) is 26.2 Å². The number of benzene rings is 1. The van der Waals surface area contributed by atoms with Crippen LogP contribution >= 0.6 is 12.4 Å². The molecule has 0 aliphatic carbocycles. The molecular weight excluding hydrogens is 254 g/mol. The van der Waals surface area contributed by atoms with E-state index in [0.29, 0.717) is 18.7 Å². The molecule has 0 aliphatic heterocycles. The summed E-state index contributed by atoms with van der Waals surface area (Å²) in [6.45, 7) is 2.24. The lowest BCUT2D eigenvalue weighted by molar-refractivity contribution is -0.143. The zero-order chi connectivity index (χ0) is 12.7. The van der Waals surface area contributed by atoms with E-state index in [4.69, 9.17) is 15.2 Å². The van der Waals surface area contributed by atoms with Crippen LogP contribution in [0.1, 0.15) is 25.3 Å². The molecule has 1 aromatic carbocycles. The predicted molar refractivity (Wildman–Crippen MR) is 74.2 cm³/mol. The van der Waals surface area contributed by atoms with Gasteiger partial charge < -0.3 is 15.2 Å². The Morgan fingerprint density at radius 1 is 1.39 bits per heavy atom. The molecule has 1 rings (SSSR count). The number of carbonyl (C=O) groups excluding carboxylic acids is 1. The van der Waals surface area contributed by atoms with Crippen LogP contribution in [-0.2, 0) is 16.0 Å². The lowest BCUT2D eigenvalue weighted by atomic mass is 10.1. The minimum atomic E-state index is -0.153. The monoisotopic (exact) mass is 273 g/mol. The summed E-state index contributed by atoms with van der Waals surface area (Å²) in [7, 11) is 1.61. The molecular formula is C13H20ClNO3. The maximum atomic E-state index is 11.1. The van der Waals surface area contributed by atoms with Crippen LogP contribution in [0.5, 0.6) is 5.75 Å². The van der Waals surface area contributed by atoms with Gasteiger partial charge in [0.15, 0.2) is 0 Å². The fraction of sp³-hybridized carbons (Fsp3) is 0.462. The minimum Gasteiger partial charge on any atom is -0.497 e. The minimum absolute atomic E-state index is 0. The zero-order valence-corrected chi connectivity index (χ0v) is 11.6. The Morgan fingerprint density at radius 3 is 2.67 bits per heavy atom. The molecule has 0 amide bonds. The van der Waals surface area contributed by atoms with Crippen LogP contribution in [0, 0.1) is 0 Å². The predicted octanol–water partition coefficient (Wildman–Crippen LogP) is 2.59. The first kappa shape index (κ1) is 16.6. The van der Waals surface area contributed by atoms with Crippen LogP contribution in [-0.4, -0.2) is 19.7 Å². The number of aryl methyl sites for hydroxylation is 1. The van der Waals surface area contributed by atoms with Gasteiger partial charge in [0.2, 0.25) is 0 Å². The molecule has 0 fully saturated rings. The number of nitrogen functional groups attached to an aromatic ring is 1. The van der Waals surface area contributed by atoms with E-state index in [1.807, 2.05) is 12.1 Å². The van der Waals surface area contributed by atoms with Crippen LogP contribution in [0.15, 0.2) is 18.2 Å². The van der Waals surface area contributed by atoms with E-state index in [1.54, 1.807) is 20.1 Å². The molecule has 0 aromatic heterocycles. The van der Waals surface area contributed by atoms with Gasteiger partial charge in [-0.2, -0.15) is 0 Å². The average Bonchev–Trinajstić information content (AvgIpc) is 2.31. The molecule has 0 saturated heterocycles. The highest BCUT2D eigenvalue weighted by Gasteiger charge is 2.04. The van der Waals surface area contributed by atoms with Crippen molar-refractivity contribution in [2.24, 2.45) is 0 Å². The van der Waals surface area contributed by atoms with Crippen molar-refractivity contribution >= 4 is 24.1 Å². The summed E-state index contributed by atoms with van der Waals surface area (Å²) >= 11 is 0. The Morgan fingerprint density at radius 2 is 2.11 bits per heavy atom. The van der Waals surface area contributed by atoms with E-state index in [0.717, 1.165) is 24.2 Å². The van der Waals surface area contributed by atoms with Crippen LogP contribution < -0.4 is 10.5 Å². The summed E-state index contributed by atoms with van der Waals surface area (Å²) < 4.78 is 9.93. The Hall–Kier alpha value is -1.42.